The van der Waals surface area contributed by atoms with E-state index in [0.29, 0.717) is 12.0 Å². The maximum atomic E-state index is 12.4. The van der Waals surface area contributed by atoms with E-state index in [9.17, 15) is 18.3 Å². The number of nitrogens with one attached hydrogen (secondary N) is 1. The first-order valence-corrected chi connectivity index (χ1v) is 6.27. The fourth-order valence-electron chi connectivity index (χ4n) is 2.23. The minimum atomic E-state index is -4.30. The molecular formula is C14H20F3NO. The summed E-state index contributed by atoms with van der Waals surface area (Å²) < 4.78 is 37.3. The molecule has 108 valence electrons. The summed E-state index contributed by atoms with van der Waals surface area (Å²) in [7, 11) is 0. The summed E-state index contributed by atoms with van der Waals surface area (Å²) in [6.45, 7) is 2.35. The molecule has 0 spiro atoms. The zero-order chi connectivity index (χ0) is 14.5. The monoisotopic (exact) mass is 275 g/mol. The Kier molecular flexibility index (Phi) is 5.38. The maximum Gasteiger partial charge on any atom is 0.401 e. The molecule has 0 aliphatic rings. The number of hydrogen-bond acceptors (Lipinski definition) is 2. The van der Waals surface area contributed by atoms with E-state index in [2.05, 4.69) is 5.32 Å². The minimum Gasteiger partial charge on any atom is -0.394 e. The number of hydrogen-bond donors (Lipinski definition) is 2. The number of alkyl halides is 3. The van der Waals surface area contributed by atoms with Gasteiger partial charge in [-0.15, -0.1) is 0 Å². The van der Waals surface area contributed by atoms with Crippen molar-refractivity contribution in [3.8, 4) is 0 Å². The molecule has 2 nitrogen and oxygen atoms in total. The van der Waals surface area contributed by atoms with E-state index in [1.54, 1.807) is 30.3 Å². The van der Waals surface area contributed by atoms with Gasteiger partial charge in [0.05, 0.1) is 18.7 Å². The fourth-order valence-corrected chi connectivity index (χ4v) is 2.23. The van der Waals surface area contributed by atoms with Crippen LogP contribution < -0.4 is 5.32 Å². The van der Waals surface area contributed by atoms with Gasteiger partial charge < -0.3 is 5.11 Å². The summed E-state index contributed by atoms with van der Waals surface area (Å²) in [6, 6.07) is 8.79. The molecule has 0 aliphatic heterocycles. The number of rotatable bonds is 6. The van der Waals surface area contributed by atoms with Crippen LogP contribution in [0.3, 0.4) is 0 Å². The van der Waals surface area contributed by atoms with E-state index in [-0.39, 0.29) is 12.5 Å². The molecule has 0 fully saturated rings. The van der Waals surface area contributed by atoms with Crippen LogP contribution in [0.2, 0.25) is 0 Å². The molecule has 0 aliphatic carbocycles. The average Bonchev–Trinajstić information content (AvgIpc) is 2.34. The third kappa shape index (κ3) is 4.84. The van der Waals surface area contributed by atoms with Crippen LogP contribution in [0, 0.1) is 5.92 Å². The lowest BCUT2D eigenvalue weighted by atomic mass is 9.83. The zero-order valence-corrected chi connectivity index (χ0v) is 11.2. The van der Waals surface area contributed by atoms with Gasteiger partial charge in [-0.3, -0.25) is 5.32 Å². The predicted octanol–water partition coefficient (Wildman–Crippen LogP) is 3.07. The Hall–Kier alpha value is -1.07. The molecule has 0 heterocycles. The van der Waals surface area contributed by atoms with Crippen molar-refractivity contribution in [3.63, 3.8) is 0 Å². The standard InChI is InChI=1S/C14H20F3NO/c1-11(2)8-13(10-19,18-9-14(15,16)17)12-6-4-3-5-7-12/h3-7,11,18-19H,8-10H2,1-2H3. The summed E-state index contributed by atoms with van der Waals surface area (Å²) in [5.41, 5.74) is -0.374. The summed E-state index contributed by atoms with van der Waals surface area (Å²) in [5.74, 6) is 0.160. The highest BCUT2D eigenvalue weighted by Gasteiger charge is 2.37. The first kappa shape index (κ1) is 16.0. The Labute approximate surface area is 111 Å². The normalized spacial score (nSPS) is 15.5. The quantitative estimate of drug-likeness (QED) is 0.836. The van der Waals surface area contributed by atoms with Gasteiger partial charge in [-0.2, -0.15) is 13.2 Å². The molecule has 2 N–H and O–H groups in total. The Morgan fingerprint density at radius 1 is 1.16 bits per heavy atom. The zero-order valence-electron chi connectivity index (χ0n) is 11.2. The van der Waals surface area contributed by atoms with Crippen LogP contribution in [0.15, 0.2) is 30.3 Å². The van der Waals surface area contributed by atoms with Crippen molar-refractivity contribution in [2.24, 2.45) is 5.92 Å². The summed E-state index contributed by atoms with van der Waals surface area (Å²) >= 11 is 0. The molecule has 1 aromatic rings. The molecule has 19 heavy (non-hydrogen) atoms. The van der Waals surface area contributed by atoms with Gasteiger partial charge in [0.25, 0.3) is 0 Å². The van der Waals surface area contributed by atoms with Gasteiger partial charge in [0, 0.05) is 0 Å². The number of aliphatic hydroxyl groups excluding tert-OH is 1. The number of halogens is 3. The van der Waals surface area contributed by atoms with Crippen molar-refractivity contribution < 1.29 is 18.3 Å². The van der Waals surface area contributed by atoms with Gasteiger partial charge in [-0.25, -0.2) is 0 Å². The molecule has 1 unspecified atom stereocenters. The third-order valence-corrected chi connectivity index (χ3v) is 2.98. The molecule has 0 saturated heterocycles. The van der Waals surface area contributed by atoms with E-state index in [1.807, 2.05) is 13.8 Å². The Bertz CT molecular complexity index is 378. The van der Waals surface area contributed by atoms with Gasteiger partial charge >= 0.3 is 6.18 Å². The largest absolute Gasteiger partial charge is 0.401 e. The average molecular weight is 275 g/mol. The van der Waals surface area contributed by atoms with Gasteiger partial charge in [0.1, 0.15) is 0 Å². The second-order valence-corrected chi connectivity index (χ2v) is 5.17. The van der Waals surface area contributed by atoms with Crippen LogP contribution >= 0.6 is 0 Å². The second kappa shape index (κ2) is 6.39. The number of aliphatic hydroxyl groups is 1. The van der Waals surface area contributed by atoms with Crippen molar-refractivity contribution in [1.29, 1.82) is 0 Å². The van der Waals surface area contributed by atoms with Crippen LogP contribution in [0.25, 0.3) is 0 Å². The molecule has 1 rings (SSSR count). The smallest absolute Gasteiger partial charge is 0.394 e. The van der Waals surface area contributed by atoms with Gasteiger partial charge in [-0.05, 0) is 17.9 Å². The third-order valence-electron chi connectivity index (χ3n) is 2.98. The highest BCUT2D eigenvalue weighted by atomic mass is 19.4. The Morgan fingerprint density at radius 3 is 2.16 bits per heavy atom. The van der Waals surface area contributed by atoms with Gasteiger partial charge in [-0.1, -0.05) is 44.2 Å². The van der Waals surface area contributed by atoms with Crippen molar-refractivity contribution in [2.45, 2.75) is 32.0 Å². The topological polar surface area (TPSA) is 32.3 Å². The fraction of sp³-hybridized carbons (Fsp3) is 0.571. The molecule has 1 aromatic carbocycles. The lowest BCUT2D eigenvalue weighted by molar-refractivity contribution is -0.130. The van der Waals surface area contributed by atoms with Crippen LogP contribution in [0.4, 0.5) is 13.2 Å². The van der Waals surface area contributed by atoms with E-state index in [1.165, 1.54) is 0 Å². The molecule has 5 heteroatoms. The lowest BCUT2D eigenvalue weighted by Gasteiger charge is -2.35. The molecule has 0 radical (unpaired) electrons. The van der Waals surface area contributed by atoms with Crippen LogP contribution in [0.5, 0.6) is 0 Å². The molecule has 0 bridgehead atoms. The highest BCUT2D eigenvalue weighted by molar-refractivity contribution is 5.25. The van der Waals surface area contributed by atoms with E-state index in [0.717, 1.165) is 0 Å². The van der Waals surface area contributed by atoms with Crippen LogP contribution in [-0.2, 0) is 5.54 Å². The first-order chi connectivity index (χ1) is 8.79. The molecular weight excluding hydrogens is 255 g/mol. The van der Waals surface area contributed by atoms with Crippen molar-refractivity contribution in [3.05, 3.63) is 35.9 Å². The maximum absolute atomic E-state index is 12.4. The Morgan fingerprint density at radius 2 is 1.74 bits per heavy atom. The first-order valence-electron chi connectivity index (χ1n) is 6.27. The van der Waals surface area contributed by atoms with Gasteiger partial charge in [0.15, 0.2) is 0 Å². The van der Waals surface area contributed by atoms with E-state index in [4.69, 9.17) is 0 Å². The minimum absolute atomic E-state index is 0.160. The number of benzene rings is 1. The highest BCUT2D eigenvalue weighted by Crippen LogP contribution is 2.29. The van der Waals surface area contributed by atoms with Crippen molar-refractivity contribution >= 4 is 0 Å². The SMILES string of the molecule is CC(C)CC(CO)(NCC(F)(F)F)c1ccccc1. The van der Waals surface area contributed by atoms with Crippen molar-refractivity contribution in [2.75, 3.05) is 13.2 Å². The summed E-state index contributed by atoms with van der Waals surface area (Å²) in [5, 5.41) is 12.1. The van der Waals surface area contributed by atoms with Crippen molar-refractivity contribution in [1.82, 2.24) is 5.32 Å². The molecule has 0 aromatic heterocycles. The lowest BCUT2D eigenvalue weighted by Crippen LogP contribution is -2.50. The molecule has 0 amide bonds. The Balaban J connectivity index is 3.01. The van der Waals surface area contributed by atoms with E-state index < -0.39 is 18.3 Å². The summed E-state index contributed by atoms with van der Waals surface area (Å²) in [6.07, 6.45) is -3.87. The summed E-state index contributed by atoms with van der Waals surface area (Å²) in [4.78, 5) is 0. The van der Waals surface area contributed by atoms with Crippen LogP contribution in [0.1, 0.15) is 25.8 Å². The second-order valence-electron chi connectivity index (χ2n) is 5.17. The van der Waals surface area contributed by atoms with Crippen LogP contribution in [-0.4, -0.2) is 24.4 Å². The van der Waals surface area contributed by atoms with Gasteiger partial charge in [0.2, 0.25) is 0 Å². The predicted molar refractivity (Wildman–Crippen MR) is 68.7 cm³/mol. The van der Waals surface area contributed by atoms with E-state index >= 15 is 0 Å². The molecule has 1 atom stereocenters. The molecule has 0 saturated carbocycles.